The summed E-state index contributed by atoms with van der Waals surface area (Å²) in [6, 6.07) is 0. The van der Waals surface area contributed by atoms with Crippen molar-refractivity contribution in [1.29, 1.82) is 0 Å². The van der Waals surface area contributed by atoms with Crippen molar-refractivity contribution in [3.05, 3.63) is 24.4 Å². The van der Waals surface area contributed by atoms with Gasteiger partial charge in [0.2, 0.25) is 5.82 Å². The standard InChI is InChI=1S/C10H12N6O/c17-10(15-4-1-11-2-5-15)9-14-13-8-7-12-3-6-16(8)9/h3,6-7,11H,1-2,4-5H2. The maximum Gasteiger partial charge on any atom is 0.292 e. The van der Waals surface area contributed by atoms with Crippen LogP contribution in [0.2, 0.25) is 0 Å². The number of piperazine rings is 1. The summed E-state index contributed by atoms with van der Waals surface area (Å²) in [6.07, 6.45) is 4.90. The molecule has 0 atom stereocenters. The lowest BCUT2D eigenvalue weighted by atomic mass is 10.3. The van der Waals surface area contributed by atoms with Crippen LogP contribution in [-0.4, -0.2) is 56.6 Å². The van der Waals surface area contributed by atoms with Crippen molar-refractivity contribution < 1.29 is 4.79 Å². The molecular weight excluding hydrogens is 220 g/mol. The third kappa shape index (κ3) is 1.74. The van der Waals surface area contributed by atoms with E-state index in [1.165, 1.54) is 0 Å². The third-order valence-electron chi connectivity index (χ3n) is 2.81. The number of aromatic nitrogens is 4. The van der Waals surface area contributed by atoms with Gasteiger partial charge in [0.15, 0.2) is 5.65 Å². The Morgan fingerprint density at radius 3 is 2.94 bits per heavy atom. The van der Waals surface area contributed by atoms with Crippen molar-refractivity contribution in [1.82, 2.24) is 29.8 Å². The molecule has 1 N–H and O–H groups in total. The molecule has 1 amide bonds. The first-order chi connectivity index (χ1) is 8.36. The van der Waals surface area contributed by atoms with Gasteiger partial charge in [-0.05, 0) is 0 Å². The summed E-state index contributed by atoms with van der Waals surface area (Å²) in [5, 5.41) is 11.1. The highest BCUT2D eigenvalue weighted by Crippen LogP contribution is 2.05. The molecule has 3 rings (SSSR count). The number of nitrogens with one attached hydrogen (secondary N) is 1. The third-order valence-corrected chi connectivity index (χ3v) is 2.81. The molecule has 1 fully saturated rings. The van der Waals surface area contributed by atoms with Crippen LogP contribution < -0.4 is 5.32 Å². The summed E-state index contributed by atoms with van der Waals surface area (Å²) in [4.78, 5) is 18.0. The van der Waals surface area contributed by atoms with Crippen LogP contribution in [-0.2, 0) is 0 Å². The van der Waals surface area contributed by atoms with E-state index in [1.807, 2.05) is 0 Å². The summed E-state index contributed by atoms with van der Waals surface area (Å²) in [5.74, 6) is 0.273. The summed E-state index contributed by atoms with van der Waals surface area (Å²) < 4.78 is 1.66. The Morgan fingerprint density at radius 1 is 1.29 bits per heavy atom. The van der Waals surface area contributed by atoms with E-state index in [2.05, 4.69) is 20.5 Å². The zero-order valence-corrected chi connectivity index (χ0v) is 9.20. The fraction of sp³-hybridized carbons (Fsp3) is 0.400. The van der Waals surface area contributed by atoms with Crippen molar-refractivity contribution in [2.24, 2.45) is 0 Å². The van der Waals surface area contributed by atoms with Crippen LogP contribution in [0.15, 0.2) is 18.6 Å². The Kier molecular flexibility index (Phi) is 2.45. The number of hydrogen-bond donors (Lipinski definition) is 1. The van der Waals surface area contributed by atoms with Crippen LogP contribution in [0, 0.1) is 0 Å². The highest BCUT2D eigenvalue weighted by Gasteiger charge is 2.22. The molecule has 0 radical (unpaired) electrons. The molecule has 0 saturated carbocycles. The topological polar surface area (TPSA) is 75.4 Å². The van der Waals surface area contributed by atoms with Gasteiger partial charge in [0, 0.05) is 38.6 Å². The molecule has 3 heterocycles. The number of nitrogens with zero attached hydrogens (tertiary/aromatic N) is 5. The van der Waals surface area contributed by atoms with Gasteiger partial charge in [-0.1, -0.05) is 0 Å². The molecule has 0 aromatic carbocycles. The fourth-order valence-electron chi connectivity index (χ4n) is 1.91. The largest absolute Gasteiger partial charge is 0.333 e. The molecule has 2 aromatic rings. The van der Waals surface area contributed by atoms with Crippen molar-refractivity contribution in [3.8, 4) is 0 Å². The molecule has 2 aromatic heterocycles. The Labute approximate surface area is 97.5 Å². The van der Waals surface area contributed by atoms with E-state index in [9.17, 15) is 4.79 Å². The smallest absolute Gasteiger partial charge is 0.292 e. The van der Waals surface area contributed by atoms with Crippen molar-refractivity contribution in [2.45, 2.75) is 0 Å². The second kappa shape index (κ2) is 4.10. The van der Waals surface area contributed by atoms with E-state index in [1.54, 1.807) is 27.9 Å². The number of amides is 1. The van der Waals surface area contributed by atoms with Crippen molar-refractivity contribution in [3.63, 3.8) is 0 Å². The quantitative estimate of drug-likeness (QED) is 0.694. The van der Waals surface area contributed by atoms with Gasteiger partial charge in [-0.3, -0.25) is 14.2 Å². The maximum atomic E-state index is 12.2. The number of carbonyl (C=O) groups excluding carboxylic acids is 1. The first-order valence-corrected chi connectivity index (χ1v) is 5.51. The second-order valence-corrected chi connectivity index (χ2v) is 3.87. The summed E-state index contributed by atoms with van der Waals surface area (Å²) in [7, 11) is 0. The number of fused-ring (bicyclic) bond motifs is 1. The highest BCUT2D eigenvalue weighted by molar-refractivity contribution is 5.91. The van der Waals surface area contributed by atoms with Crippen LogP contribution in [0.5, 0.6) is 0 Å². The molecular formula is C10H12N6O. The minimum absolute atomic E-state index is 0.0785. The van der Waals surface area contributed by atoms with E-state index in [0.717, 1.165) is 13.1 Å². The predicted octanol–water partition coefficient (Wildman–Crippen LogP) is -0.830. The molecule has 7 heteroatoms. The molecule has 1 saturated heterocycles. The molecule has 0 aliphatic carbocycles. The van der Waals surface area contributed by atoms with E-state index in [-0.39, 0.29) is 5.91 Å². The van der Waals surface area contributed by atoms with Crippen LogP contribution in [0.25, 0.3) is 5.65 Å². The maximum absolute atomic E-state index is 12.2. The molecule has 0 spiro atoms. The lowest BCUT2D eigenvalue weighted by Crippen LogP contribution is -2.46. The van der Waals surface area contributed by atoms with Gasteiger partial charge in [0.05, 0.1) is 6.20 Å². The molecule has 17 heavy (non-hydrogen) atoms. The summed E-state index contributed by atoms with van der Waals surface area (Å²) >= 11 is 0. The van der Waals surface area contributed by atoms with E-state index in [0.29, 0.717) is 24.6 Å². The molecule has 0 bridgehead atoms. The molecule has 88 valence electrons. The van der Waals surface area contributed by atoms with Gasteiger partial charge >= 0.3 is 0 Å². The first kappa shape index (κ1) is 10.2. The number of rotatable bonds is 1. The zero-order chi connectivity index (χ0) is 11.7. The number of hydrogen-bond acceptors (Lipinski definition) is 5. The highest BCUT2D eigenvalue weighted by atomic mass is 16.2. The van der Waals surface area contributed by atoms with Crippen LogP contribution >= 0.6 is 0 Å². The zero-order valence-electron chi connectivity index (χ0n) is 9.20. The Hall–Kier alpha value is -2.02. The van der Waals surface area contributed by atoms with Crippen LogP contribution in [0.4, 0.5) is 0 Å². The SMILES string of the molecule is O=C(c1nnc2cnccn12)N1CCNCC1. The Bertz CT molecular complexity index is 544. The monoisotopic (exact) mass is 232 g/mol. The molecule has 0 unspecified atom stereocenters. The Morgan fingerprint density at radius 2 is 2.12 bits per heavy atom. The van der Waals surface area contributed by atoms with Gasteiger partial charge in [-0.25, -0.2) is 0 Å². The average Bonchev–Trinajstić information content (AvgIpc) is 2.83. The van der Waals surface area contributed by atoms with Gasteiger partial charge < -0.3 is 10.2 Å². The van der Waals surface area contributed by atoms with E-state index >= 15 is 0 Å². The van der Waals surface area contributed by atoms with Crippen molar-refractivity contribution >= 4 is 11.6 Å². The second-order valence-electron chi connectivity index (χ2n) is 3.87. The van der Waals surface area contributed by atoms with Gasteiger partial charge in [0.1, 0.15) is 0 Å². The predicted molar refractivity (Wildman–Crippen MR) is 59.6 cm³/mol. The molecule has 7 nitrogen and oxygen atoms in total. The average molecular weight is 232 g/mol. The van der Waals surface area contributed by atoms with Crippen LogP contribution in [0.1, 0.15) is 10.6 Å². The minimum Gasteiger partial charge on any atom is -0.333 e. The van der Waals surface area contributed by atoms with Gasteiger partial charge in [0.25, 0.3) is 5.91 Å². The lowest BCUT2D eigenvalue weighted by molar-refractivity contribution is 0.0722. The number of carbonyl (C=O) groups is 1. The fourth-order valence-corrected chi connectivity index (χ4v) is 1.91. The lowest BCUT2D eigenvalue weighted by Gasteiger charge is -2.26. The summed E-state index contributed by atoms with van der Waals surface area (Å²) in [6.45, 7) is 3.06. The molecule has 1 aliphatic heterocycles. The Balaban J connectivity index is 1.95. The normalized spacial score (nSPS) is 16.4. The first-order valence-electron chi connectivity index (χ1n) is 5.51. The summed E-state index contributed by atoms with van der Waals surface area (Å²) in [5.41, 5.74) is 0.589. The van der Waals surface area contributed by atoms with Crippen LogP contribution in [0.3, 0.4) is 0 Å². The van der Waals surface area contributed by atoms with Crippen molar-refractivity contribution in [2.75, 3.05) is 26.2 Å². The van der Waals surface area contributed by atoms with Gasteiger partial charge in [-0.15, -0.1) is 10.2 Å². The van der Waals surface area contributed by atoms with E-state index < -0.39 is 0 Å². The van der Waals surface area contributed by atoms with Gasteiger partial charge in [-0.2, -0.15) is 0 Å². The molecule has 1 aliphatic rings. The minimum atomic E-state index is -0.0785. The van der Waals surface area contributed by atoms with E-state index in [4.69, 9.17) is 0 Å².